The summed E-state index contributed by atoms with van der Waals surface area (Å²) in [7, 11) is 2.01. The average molecular weight is 240 g/mol. The summed E-state index contributed by atoms with van der Waals surface area (Å²) in [5.74, 6) is 0.929. The van der Waals surface area contributed by atoms with E-state index in [-0.39, 0.29) is 0 Å². The maximum atomic E-state index is 6.07. The molecular formula is C14H28N2O. The van der Waals surface area contributed by atoms with Gasteiger partial charge in [0.2, 0.25) is 0 Å². The Morgan fingerprint density at radius 3 is 2.82 bits per heavy atom. The fourth-order valence-corrected chi connectivity index (χ4v) is 3.23. The van der Waals surface area contributed by atoms with Gasteiger partial charge < -0.3 is 15.0 Å². The highest BCUT2D eigenvalue weighted by atomic mass is 16.5. The van der Waals surface area contributed by atoms with Gasteiger partial charge in [0.15, 0.2) is 0 Å². The molecule has 2 rings (SSSR count). The molecule has 3 atom stereocenters. The molecule has 100 valence electrons. The Balaban J connectivity index is 1.70. The Kier molecular flexibility index (Phi) is 5.26. The fourth-order valence-electron chi connectivity index (χ4n) is 3.23. The van der Waals surface area contributed by atoms with Crippen LogP contribution < -0.4 is 5.32 Å². The molecule has 2 aliphatic rings. The van der Waals surface area contributed by atoms with Crippen LogP contribution in [0.4, 0.5) is 0 Å². The van der Waals surface area contributed by atoms with E-state index in [1.54, 1.807) is 0 Å². The maximum Gasteiger partial charge on any atom is 0.0707 e. The summed E-state index contributed by atoms with van der Waals surface area (Å²) in [5, 5.41) is 3.21. The second-order valence-electron chi connectivity index (χ2n) is 5.69. The first-order chi connectivity index (χ1) is 8.31. The molecule has 2 saturated heterocycles. The van der Waals surface area contributed by atoms with E-state index in [1.807, 2.05) is 7.05 Å². The molecule has 0 radical (unpaired) electrons. The molecule has 0 aromatic heterocycles. The number of ether oxygens (including phenoxy) is 1. The first-order valence-electron chi connectivity index (χ1n) is 7.34. The molecule has 0 aromatic rings. The van der Waals surface area contributed by atoms with Gasteiger partial charge in [-0.3, -0.25) is 0 Å². The van der Waals surface area contributed by atoms with E-state index in [2.05, 4.69) is 17.1 Å². The summed E-state index contributed by atoms with van der Waals surface area (Å²) in [5.41, 5.74) is 0. The van der Waals surface area contributed by atoms with E-state index >= 15 is 0 Å². The van der Waals surface area contributed by atoms with Gasteiger partial charge in [-0.2, -0.15) is 0 Å². The Morgan fingerprint density at radius 1 is 1.24 bits per heavy atom. The zero-order chi connectivity index (χ0) is 12.1. The van der Waals surface area contributed by atoms with Gasteiger partial charge in [0.1, 0.15) is 0 Å². The lowest BCUT2D eigenvalue weighted by atomic mass is 9.95. The monoisotopic (exact) mass is 240 g/mol. The molecule has 17 heavy (non-hydrogen) atoms. The third-order valence-corrected chi connectivity index (χ3v) is 4.27. The van der Waals surface area contributed by atoms with Crippen LogP contribution in [0, 0.1) is 5.92 Å². The number of hydrogen-bond acceptors (Lipinski definition) is 3. The second-order valence-corrected chi connectivity index (χ2v) is 5.69. The molecule has 3 heteroatoms. The van der Waals surface area contributed by atoms with Crippen molar-refractivity contribution in [3.05, 3.63) is 0 Å². The summed E-state index contributed by atoms with van der Waals surface area (Å²) < 4.78 is 6.07. The zero-order valence-corrected chi connectivity index (χ0v) is 11.5. The lowest BCUT2D eigenvalue weighted by Gasteiger charge is -2.33. The summed E-state index contributed by atoms with van der Waals surface area (Å²) in [4.78, 5) is 2.63. The minimum absolute atomic E-state index is 0.455. The normalized spacial score (nSPS) is 35.3. The molecule has 3 unspecified atom stereocenters. The Morgan fingerprint density at radius 2 is 2.06 bits per heavy atom. The standard InChI is InChI=1S/C14H28N2O/c1-3-12-5-4-8-16(10-12)11-14-7-6-13(17-14)9-15-2/h12-15H,3-11H2,1-2H3. The lowest BCUT2D eigenvalue weighted by Crippen LogP contribution is -2.40. The van der Waals surface area contributed by atoms with E-state index in [4.69, 9.17) is 4.74 Å². The zero-order valence-electron chi connectivity index (χ0n) is 11.5. The van der Waals surface area contributed by atoms with Crippen LogP contribution in [0.1, 0.15) is 39.0 Å². The molecule has 0 bridgehead atoms. The molecule has 2 fully saturated rings. The van der Waals surface area contributed by atoms with Gasteiger partial charge >= 0.3 is 0 Å². The molecule has 0 amide bonds. The van der Waals surface area contributed by atoms with Crippen molar-refractivity contribution in [1.29, 1.82) is 0 Å². The fraction of sp³-hybridized carbons (Fsp3) is 1.00. The molecule has 1 N–H and O–H groups in total. The van der Waals surface area contributed by atoms with E-state index in [1.165, 1.54) is 45.2 Å². The van der Waals surface area contributed by atoms with Crippen molar-refractivity contribution in [3.63, 3.8) is 0 Å². The largest absolute Gasteiger partial charge is 0.372 e. The number of likely N-dealkylation sites (N-methyl/N-ethyl adjacent to an activating group) is 1. The van der Waals surface area contributed by atoms with Crippen LogP contribution in [0.15, 0.2) is 0 Å². The number of hydrogen-bond donors (Lipinski definition) is 1. The van der Waals surface area contributed by atoms with E-state index in [9.17, 15) is 0 Å². The first kappa shape index (κ1) is 13.3. The maximum absolute atomic E-state index is 6.07. The molecule has 2 heterocycles. The van der Waals surface area contributed by atoms with Crippen LogP contribution in [0.3, 0.4) is 0 Å². The minimum atomic E-state index is 0.455. The van der Waals surface area contributed by atoms with Gasteiger partial charge in [0.25, 0.3) is 0 Å². The number of rotatable bonds is 5. The topological polar surface area (TPSA) is 24.5 Å². The van der Waals surface area contributed by atoms with Crippen LogP contribution in [0.2, 0.25) is 0 Å². The summed E-state index contributed by atoms with van der Waals surface area (Å²) >= 11 is 0. The summed E-state index contributed by atoms with van der Waals surface area (Å²) in [6, 6.07) is 0. The molecule has 0 aliphatic carbocycles. The molecule has 3 nitrogen and oxygen atoms in total. The number of piperidine rings is 1. The molecule has 0 aromatic carbocycles. The van der Waals surface area contributed by atoms with E-state index in [0.717, 1.165) is 19.0 Å². The Labute approximate surface area is 106 Å². The SMILES string of the molecule is CCC1CCCN(CC2CCC(CNC)O2)C1. The highest BCUT2D eigenvalue weighted by Crippen LogP contribution is 2.24. The minimum Gasteiger partial charge on any atom is -0.372 e. The van der Waals surface area contributed by atoms with Gasteiger partial charge in [-0.15, -0.1) is 0 Å². The highest BCUT2D eigenvalue weighted by molar-refractivity contribution is 4.80. The third-order valence-electron chi connectivity index (χ3n) is 4.27. The van der Waals surface area contributed by atoms with Crippen LogP contribution in [0.25, 0.3) is 0 Å². The quantitative estimate of drug-likeness (QED) is 0.794. The number of nitrogens with zero attached hydrogens (tertiary/aromatic N) is 1. The predicted molar refractivity (Wildman–Crippen MR) is 71.3 cm³/mol. The number of likely N-dealkylation sites (tertiary alicyclic amines) is 1. The van der Waals surface area contributed by atoms with E-state index < -0.39 is 0 Å². The first-order valence-corrected chi connectivity index (χ1v) is 7.34. The lowest BCUT2D eigenvalue weighted by molar-refractivity contribution is 0.0154. The highest BCUT2D eigenvalue weighted by Gasteiger charge is 2.28. The smallest absolute Gasteiger partial charge is 0.0707 e. The summed E-state index contributed by atoms with van der Waals surface area (Å²) in [6.45, 7) is 7.08. The van der Waals surface area contributed by atoms with Gasteiger partial charge in [-0.05, 0) is 45.2 Å². The Bertz CT molecular complexity index is 222. The van der Waals surface area contributed by atoms with E-state index in [0.29, 0.717) is 12.2 Å². The molecule has 2 aliphatic heterocycles. The third kappa shape index (κ3) is 3.94. The van der Waals surface area contributed by atoms with Crippen LogP contribution in [-0.2, 0) is 4.74 Å². The molecular weight excluding hydrogens is 212 g/mol. The number of nitrogens with one attached hydrogen (secondary N) is 1. The van der Waals surface area contributed by atoms with Crippen molar-refractivity contribution in [1.82, 2.24) is 10.2 Å². The van der Waals surface area contributed by atoms with Crippen molar-refractivity contribution >= 4 is 0 Å². The molecule has 0 spiro atoms. The molecule has 0 saturated carbocycles. The van der Waals surface area contributed by atoms with Gasteiger partial charge in [-0.25, -0.2) is 0 Å². The van der Waals surface area contributed by atoms with Crippen molar-refractivity contribution in [2.24, 2.45) is 5.92 Å². The second kappa shape index (κ2) is 6.72. The average Bonchev–Trinajstić information content (AvgIpc) is 2.77. The van der Waals surface area contributed by atoms with Crippen molar-refractivity contribution < 1.29 is 4.74 Å². The van der Waals surface area contributed by atoms with Crippen LogP contribution in [-0.4, -0.2) is 50.3 Å². The van der Waals surface area contributed by atoms with Gasteiger partial charge in [0.05, 0.1) is 12.2 Å². The van der Waals surface area contributed by atoms with Gasteiger partial charge in [0, 0.05) is 19.6 Å². The van der Waals surface area contributed by atoms with Crippen molar-refractivity contribution in [3.8, 4) is 0 Å². The van der Waals surface area contributed by atoms with Crippen molar-refractivity contribution in [2.45, 2.75) is 51.2 Å². The van der Waals surface area contributed by atoms with Crippen LogP contribution >= 0.6 is 0 Å². The predicted octanol–water partition coefficient (Wildman–Crippen LogP) is 1.88. The Hall–Kier alpha value is -0.120. The van der Waals surface area contributed by atoms with Crippen LogP contribution in [0.5, 0.6) is 0 Å². The summed E-state index contributed by atoms with van der Waals surface area (Å²) in [6.07, 6.45) is 7.58. The van der Waals surface area contributed by atoms with Gasteiger partial charge in [-0.1, -0.05) is 13.3 Å². The van der Waals surface area contributed by atoms with Crippen molar-refractivity contribution in [2.75, 3.05) is 33.2 Å².